The fourth-order valence-electron chi connectivity index (χ4n) is 2.40. The molecule has 2 aliphatic heterocycles. The zero-order valence-corrected chi connectivity index (χ0v) is 19.1. The molecule has 15 nitrogen and oxygen atoms in total. The fourth-order valence-corrected chi connectivity index (χ4v) is 2.40. The second-order valence-electron chi connectivity index (χ2n) is 6.42. The molecule has 0 bridgehead atoms. The second kappa shape index (κ2) is 12.4. The summed E-state index contributed by atoms with van der Waals surface area (Å²) < 4.78 is 13.2. The van der Waals surface area contributed by atoms with Gasteiger partial charge in [-0.3, -0.25) is 9.59 Å². The number of ether oxygens (including phenoxy) is 3. The van der Waals surface area contributed by atoms with E-state index in [2.05, 4.69) is 14.2 Å². The van der Waals surface area contributed by atoms with Gasteiger partial charge in [0.1, 0.15) is 30.5 Å². The van der Waals surface area contributed by atoms with Crippen LogP contribution in [-0.2, 0) is 43.3 Å². The Balaban J connectivity index is 0.000000605. The number of carbonyl (C=O) groups is 2. The van der Waals surface area contributed by atoms with Crippen molar-refractivity contribution in [1.29, 1.82) is 0 Å². The summed E-state index contributed by atoms with van der Waals surface area (Å²) in [6, 6.07) is 0. The molecular weight excluding hydrogens is 486 g/mol. The largest absolute Gasteiger partial charge is 0.600 e. The summed E-state index contributed by atoms with van der Waals surface area (Å²) in [4.78, 5) is 22.2. The van der Waals surface area contributed by atoms with Crippen molar-refractivity contribution < 1.29 is 94.3 Å². The zero-order chi connectivity index (χ0) is 23.3. The van der Waals surface area contributed by atoms with E-state index in [1.807, 2.05) is 0 Å². The molecule has 0 saturated carbocycles. The van der Waals surface area contributed by atoms with E-state index in [1.165, 1.54) is 0 Å². The van der Waals surface area contributed by atoms with E-state index in [0.717, 1.165) is 0 Å². The number of aliphatic hydroxyl groups excluding tert-OH is 8. The van der Waals surface area contributed by atoms with Crippen LogP contribution in [0.2, 0.25) is 0 Å². The first-order chi connectivity index (χ1) is 13.9. The Hall–Kier alpha value is -0.877. The monoisotopic (exact) mass is 509 g/mol. The molecule has 10 N–H and O–H groups in total. The summed E-state index contributed by atoms with van der Waals surface area (Å²) in [5.74, 6) is -7.40. The number of cyclic esters (lactones) is 2. The number of hydrogen-bond donors (Lipinski definition) is 10. The van der Waals surface area contributed by atoms with Crippen LogP contribution in [0, 0.1) is 6.29 Å². The summed E-state index contributed by atoms with van der Waals surface area (Å²) in [7, 11) is 0. The predicted octanol–water partition coefficient (Wildman–Crippen LogP) is -6.09. The average molecular weight is 511 g/mol. The van der Waals surface area contributed by atoms with Crippen molar-refractivity contribution in [3.63, 3.8) is 0 Å². The molecule has 0 amide bonds. The minimum Gasteiger partial charge on any atom is -0.600 e. The molecule has 31 heavy (non-hydrogen) atoms. The molecule has 0 aliphatic carbocycles. The molecule has 0 radical (unpaired) electrons. The van der Waals surface area contributed by atoms with Crippen molar-refractivity contribution in [3.05, 3.63) is 6.29 Å². The molecule has 178 valence electrons. The van der Waals surface area contributed by atoms with Gasteiger partial charge in [0.25, 0.3) is 5.97 Å². The first-order valence-electron chi connectivity index (χ1n) is 8.52. The minimum atomic E-state index is -3.13. The Labute approximate surface area is 187 Å². The van der Waals surface area contributed by atoms with Gasteiger partial charge in [0.05, 0.1) is 32.7 Å². The number of aliphatic hydroxyl groups is 10. The van der Waals surface area contributed by atoms with Crippen LogP contribution in [0.15, 0.2) is 0 Å². The number of esters is 2. The molecule has 2 saturated heterocycles. The molecule has 16 heteroatoms. The van der Waals surface area contributed by atoms with Crippen LogP contribution in [-0.4, -0.2) is 125 Å². The number of rotatable bonds is 5. The Morgan fingerprint density at radius 1 is 1.06 bits per heavy atom. The van der Waals surface area contributed by atoms with E-state index in [0.29, 0.717) is 0 Å². The first-order valence-corrected chi connectivity index (χ1v) is 8.52. The van der Waals surface area contributed by atoms with Gasteiger partial charge in [-0.05, 0) is 0 Å². The van der Waals surface area contributed by atoms with Crippen LogP contribution < -0.4 is 0 Å². The molecule has 1 unspecified atom stereocenters. The van der Waals surface area contributed by atoms with Gasteiger partial charge in [-0.1, -0.05) is 0 Å². The van der Waals surface area contributed by atoms with E-state index in [9.17, 15) is 30.0 Å². The van der Waals surface area contributed by atoms with Crippen molar-refractivity contribution in [2.45, 2.75) is 54.9 Å². The van der Waals surface area contributed by atoms with Crippen molar-refractivity contribution in [2.75, 3.05) is 19.8 Å². The van der Waals surface area contributed by atoms with Crippen LogP contribution in [0.1, 0.15) is 12.8 Å². The van der Waals surface area contributed by atoms with Gasteiger partial charge in [-0.2, -0.15) is 0 Å². The summed E-state index contributed by atoms with van der Waals surface area (Å²) >= 11 is 0. The van der Waals surface area contributed by atoms with Crippen molar-refractivity contribution in [3.8, 4) is 0 Å². The summed E-state index contributed by atoms with van der Waals surface area (Å²) in [5, 5.41) is 91.0. The maximum absolute atomic E-state index is 11.2. The third-order valence-corrected chi connectivity index (χ3v) is 4.20. The predicted molar refractivity (Wildman–Crippen MR) is 86.7 cm³/mol. The van der Waals surface area contributed by atoms with Crippen molar-refractivity contribution >= 4 is 11.9 Å². The molecule has 7 atom stereocenters. The SMILES string of the molecule is O=C1CCC(=O)O[C@](O)([C@H](O)[C@H](O)CO)[C-](O)O1.OC[C@H]1OC(O)(CO)[C@@H](O)[C@@H]1O.[Zn]. The topological polar surface area (TPSA) is 264 Å². The van der Waals surface area contributed by atoms with Gasteiger partial charge in [-0.25, -0.2) is 0 Å². The second-order valence-corrected chi connectivity index (χ2v) is 6.42. The summed E-state index contributed by atoms with van der Waals surface area (Å²) in [6.07, 6.45) is -10.6. The third kappa shape index (κ3) is 7.05. The van der Waals surface area contributed by atoms with Crippen molar-refractivity contribution in [2.24, 2.45) is 0 Å². The normalized spacial score (nSPS) is 36.0. The molecule has 0 aromatic carbocycles. The molecule has 0 aromatic heterocycles. The number of carbonyl (C=O) groups excluding carboxylic acids is 2. The smallest absolute Gasteiger partial charge is 0.306 e. The molecule has 2 heterocycles. The van der Waals surface area contributed by atoms with Crippen LogP contribution in [0.4, 0.5) is 0 Å². The quantitative estimate of drug-likeness (QED) is 0.0936. The molecule has 2 aliphatic rings. The Bertz CT molecular complexity index is 593. The van der Waals surface area contributed by atoms with Crippen molar-refractivity contribution in [1.82, 2.24) is 0 Å². The minimum absolute atomic E-state index is 0. The maximum atomic E-state index is 11.2. The van der Waals surface area contributed by atoms with Crippen LogP contribution in [0.5, 0.6) is 0 Å². The van der Waals surface area contributed by atoms with E-state index < -0.39 is 86.6 Å². The Morgan fingerprint density at radius 3 is 2.03 bits per heavy atom. The molecule has 2 rings (SSSR count). The third-order valence-electron chi connectivity index (χ3n) is 4.20. The summed E-state index contributed by atoms with van der Waals surface area (Å²) in [6.45, 7) is -2.34. The van der Waals surface area contributed by atoms with Crippen LogP contribution in [0.25, 0.3) is 0 Å². The van der Waals surface area contributed by atoms with E-state index >= 15 is 0 Å². The maximum Gasteiger partial charge on any atom is 0.306 e. The molecule has 2 fully saturated rings. The number of hydrogen-bond acceptors (Lipinski definition) is 15. The summed E-state index contributed by atoms with van der Waals surface area (Å²) in [5.41, 5.74) is 0. The molecular formula is C15H25O15Zn-. The average Bonchev–Trinajstić information content (AvgIpc) is 2.94. The van der Waals surface area contributed by atoms with E-state index in [4.69, 9.17) is 30.6 Å². The Kier molecular flexibility index (Phi) is 12.0. The van der Waals surface area contributed by atoms with Gasteiger partial charge in [0.2, 0.25) is 5.79 Å². The van der Waals surface area contributed by atoms with Gasteiger partial charge in [-0.15, -0.1) is 0 Å². The standard InChI is InChI=1S/C9H13O9.C6H12O6.Zn/c10-3-4(11)7(14)9(16)8(15)17-5(12)1-2-6(13)18-9;7-1-3-4(9)5(10)6(11,2-8)12-3;/h4,7,10-11,14-16H,1-3H2;3-5,7-11H,1-2H2;/q-1;;/t4-,7-,9-;3-,4-,5+,6?;/m11./s1. The van der Waals surface area contributed by atoms with Gasteiger partial charge in [0, 0.05) is 25.8 Å². The van der Waals surface area contributed by atoms with Gasteiger partial charge >= 0.3 is 5.97 Å². The van der Waals surface area contributed by atoms with Gasteiger partial charge < -0.3 is 65.3 Å². The van der Waals surface area contributed by atoms with Crippen LogP contribution in [0.3, 0.4) is 0 Å². The van der Waals surface area contributed by atoms with Gasteiger partial charge in [0.15, 0.2) is 5.79 Å². The van der Waals surface area contributed by atoms with Crippen LogP contribution >= 0.6 is 0 Å². The first kappa shape index (κ1) is 30.1. The van der Waals surface area contributed by atoms with E-state index in [-0.39, 0.29) is 25.9 Å². The Morgan fingerprint density at radius 2 is 1.61 bits per heavy atom. The molecule has 0 aromatic rings. The zero-order valence-electron chi connectivity index (χ0n) is 16.1. The molecule has 0 spiro atoms. The van der Waals surface area contributed by atoms with E-state index in [1.54, 1.807) is 0 Å². The fraction of sp³-hybridized carbons (Fsp3) is 0.800.